The lowest BCUT2D eigenvalue weighted by Crippen LogP contribution is -2.15. The number of nitrogen functional groups attached to an aromatic ring is 1. The van der Waals surface area contributed by atoms with E-state index < -0.39 is 26.6 Å². The molecule has 0 atom stereocenters. The van der Waals surface area contributed by atoms with Crippen molar-refractivity contribution in [1.82, 2.24) is 0 Å². The summed E-state index contributed by atoms with van der Waals surface area (Å²) < 4.78 is 52.3. The molecule has 2 aromatic carbocycles. The SMILES string of the molecule is N=C(N)c1cccc(NS(=O)(=O)c2ccc(F)c(F)c2)c1. The molecule has 0 radical (unpaired) electrons. The highest BCUT2D eigenvalue weighted by Crippen LogP contribution is 2.19. The second-order valence-corrected chi connectivity index (χ2v) is 5.86. The van der Waals surface area contributed by atoms with Crippen molar-refractivity contribution in [2.75, 3.05) is 4.72 Å². The Balaban J connectivity index is 2.35. The highest BCUT2D eigenvalue weighted by Gasteiger charge is 2.16. The topological polar surface area (TPSA) is 96.0 Å². The van der Waals surface area contributed by atoms with Gasteiger partial charge < -0.3 is 5.73 Å². The van der Waals surface area contributed by atoms with E-state index in [1.807, 2.05) is 0 Å². The smallest absolute Gasteiger partial charge is 0.261 e. The summed E-state index contributed by atoms with van der Waals surface area (Å²) in [5.74, 6) is -2.60. The van der Waals surface area contributed by atoms with Crippen molar-refractivity contribution in [3.63, 3.8) is 0 Å². The zero-order valence-corrected chi connectivity index (χ0v) is 11.4. The maximum atomic E-state index is 13.1. The van der Waals surface area contributed by atoms with E-state index in [4.69, 9.17) is 11.1 Å². The van der Waals surface area contributed by atoms with Gasteiger partial charge in [0.1, 0.15) is 5.84 Å². The van der Waals surface area contributed by atoms with Crippen LogP contribution < -0.4 is 10.5 Å². The molecule has 0 fully saturated rings. The quantitative estimate of drug-likeness (QED) is 0.595. The first-order valence-electron chi connectivity index (χ1n) is 5.72. The van der Waals surface area contributed by atoms with Crippen LogP contribution in [0.4, 0.5) is 14.5 Å². The Morgan fingerprint density at radius 3 is 2.43 bits per heavy atom. The zero-order chi connectivity index (χ0) is 15.6. The Hall–Kier alpha value is -2.48. The lowest BCUT2D eigenvalue weighted by molar-refractivity contribution is 0.504. The molecule has 0 aliphatic rings. The van der Waals surface area contributed by atoms with Crippen molar-refractivity contribution in [3.8, 4) is 0 Å². The number of amidine groups is 1. The fourth-order valence-corrected chi connectivity index (χ4v) is 2.67. The fraction of sp³-hybridized carbons (Fsp3) is 0. The van der Waals surface area contributed by atoms with Crippen LogP contribution in [0, 0.1) is 17.0 Å². The van der Waals surface area contributed by atoms with Crippen LogP contribution >= 0.6 is 0 Å². The van der Waals surface area contributed by atoms with Gasteiger partial charge in [-0.3, -0.25) is 10.1 Å². The van der Waals surface area contributed by atoms with Crippen molar-refractivity contribution in [2.24, 2.45) is 5.73 Å². The molecule has 110 valence electrons. The summed E-state index contributed by atoms with van der Waals surface area (Å²) in [7, 11) is -4.06. The van der Waals surface area contributed by atoms with Crippen LogP contribution in [-0.2, 0) is 10.0 Å². The minimum absolute atomic E-state index is 0.160. The number of nitrogens with two attached hydrogens (primary N) is 1. The van der Waals surface area contributed by atoms with E-state index in [0.29, 0.717) is 11.6 Å². The number of sulfonamides is 1. The first-order chi connectivity index (χ1) is 9.79. The molecule has 8 heteroatoms. The van der Waals surface area contributed by atoms with E-state index in [0.717, 1.165) is 12.1 Å². The Morgan fingerprint density at radius 1 is 1.10 bits per heavy atom. The lowest BCUT2D eigenvalue weighted by Gasteiger charge is -2.09. The van der Waals surface area contributed by atoms with Crippen molar-refractivity contribution >= 4 is 21.5 Å². The molecule has 0 heterocycles. The number of hydrogen-bond acceptors (Lipinski definition) is 3. The Labute approximate surface area is 120 Å². The monoisotopic (exact) mass is 311 g/mol. The van der Waals surface area contributed by atoms with Gasteiger partial charge in [0.2, 0.25) is 0 Å². The van der Waals surface area contributed by atoms with Crippen molar-refractivity contribution in [3.05, 3.63) is 59.7 Å². The Bertz CT molecular complexity index is 807. The van der Waals surface area contributed by atoms with Gasteiger partial charge in [-0.05, 0) is 30.3 Å². The van der Waals surface area contributed by atoms with Crippen LogP contribution in [0.15, 0.2) is 47.4 Å². The lowest BCUT2D eigenvalue weighted by atomic mass is 10.2. The number of rotatable bonds is 4. The number of benzene rings is 2. The molecule has 0 unspecified atom stereocenters. The van der Waals surface area contributed by atoms with Crippen molar-refractivity contribution in [2.45, 2.75) is 4.90 Å². The third-order valence-electron chi connectivity index (χ3n) is 2.63. The minimum atomic E-state index is -4.06. The highest BCUT2D eigenvalue weighted by molar-refractivity contribution is 7.92. The van der Waals surface area contributed by atoms with E-state index in [1.54, 1.807) is 0 Å². The summed E-state index contributed by atoms with van der Waals surface area (Å²) in [5.41, 5.74) is 5.80. The van der Waals surface area contributed by atoms with Crippen molar-refractivity contribution in [1.29, 1.82) is 5.41 Å². The molecule has 5 nitrogen and oxygen atoms in total. The molecule has 0 spiro atoms. The third-order valence-corrected chi connectivity index (χ3v) is 4.01. The predicted octanol–water partition coefficient (Wildman–Crippen LogP) is 2.05. The van der Waals surface area contributed by atoms with E-state index >= 15 is 0 Å². The van der Waals surface area contributed by atoms with E-state index in [2.05, 4.69) is 4.72 Å². The summed E-state index contributed by atoms with van der Waals surface area (Å²) in [5, 5.41) is 7.29. The van der Waals surface area contributed by atoms with E-state index in [-0.39, 0.29) is 11.5 Å². The van der Waals surface area contributed by atoms with Crippen LogP contribution in [-0.4, -0.2) is 14.3 Å². The van der Waals surface area contributed by atoms with Gasteiger partial charge in [-0.1, -0.05) is 12.1 Å². The summed E-state index contributed by atoms with van der Waals surface area (Å²) in [4.78, 5) is -0.408. The van der Waals surface area contributed by atoms with Crippen LogP contribution in [0.5, 0.6) is 0 Å². The highest BCUT2D eigenvalue weighted by atomic mass is 32.2. The zero-order valence-electron chi connectivity index (χ0n) is 10.6. The summed E-state index contributed by atoms with van der Waals surface area (Å²) >= 11 is 0. The molecular formula is C13H11F2N3O2S. The molecule has 2 rings (SSSR count). The van der Waals surface area contributed by atoms with E-state index in [9.17, 15) is 17.2 Å². The predicted molar refractivity (Wildman–Crippen MR) is 74.6 cm³/mol. The van der Waals surface area contributed by atoms with Gasteiger partial charge in [-0.2, -0.15) is 0 Å². The van der Waals surface area contributed by atoms with Gasteiger partial charge in [0.25, 0.3) is 10.0 Å². The maximum Gasteiger partial charge on any atom is 0.261 e. The van der Waals surface area contributed by atoms with Gasteiger partial charge in [-0.15, -0.1) is 0 Å². The molecule has 0 bridgehead atoms. The largest absolute Gasteiger partial charge is 0.384 e. The van der Waals surface area contributed by atoms with Crippen LogP contribution in [0.25, 0.3) is 0 Å². The molecule has 0 saturated carbocycles. The first-order valence-corrected chi connectivity index (χ1v) is 7.20. The summed E-state index contributed by atoms with van der Waals surface area (Å²) in [6.45, 7) is 0. The van der Waals surface area contributed by atoms with Gasteiger partial charge >= 0.3 is 0 Å². The van der Waals surface area contributed by atoms with Gasteiger partial charge in [0, 0.05) is 11.3 Å². The molecule has 0 amide bonds. The molecule has 21 heavy (non-hydrogen) atoms. The molecule has 0 saturated heterocycles. The van der Waals surface area contributed by atoms with Gasteiger partial charge in [-0.25, -0.2) is 17.2 Å². The number of hydrogen-bond donors (Lipinski definition) is 3. The van der Waals surface area contributed by atoms with Crippen LogP contribution in [0.3, 0.4) is 0 Å². The minimum Gasteiger partial charge on any atom is -0.384 e. The summed E-state index contributed by atoms with van der Waals surface area (Å²) in [6, 6.07) is 8.14. The Morgan fingerprint density at radius 2 is 1.81 bits per heavy atom. The second-order valence-electron chi connectivity index (χ2n) is 4.18. The number of halogens is 2. The average Bonchev–Trinajstić information content (AvgIpc) is 2.41. The normalized spacial score (nSPS) is 11.1. The maximum absolute atomic E-state index is 13.1. The Kier molecular flexibility index (Phi) is 3.90. The number of anilines is 1. The standard InChI is InChI=1S/C13H11F2N3O2S/c14-11-5-4-10(7-12(11)15)21(19,20)18-9-3-1-2-8(6-9)13(16)17/h1-7,18H,(H3,16,17). The van der Waals surface area contributed by atoms with Gasteiger partial charge in [0.15, 0.2) is 11.6 Å². The molecule has 4 N–H and O–H groups in total. The third kappa shape index (κ3) is 3.34. The number of nitrogens with one attached hydrogen (secondary N) is 2. The fourth-order valence-electron chi connectivity index (χ4n) is 1.61. The summed E-state index contributed by atoms with van der Waals surface area (Å²) in [6.07, 6.45) is 0. The molecule has 0 aromatic heterocycles. The van der Waals surface area contributed by atoms with E-state index in [1.165, 1.54) is 24.3 Å². The first kappa shape index (κ1) is 14.9. The average molecular weight is 311 g/mol. The van der Waals surface area contributed by atoms with Crippen molar-refractivity contribution < 1.29 is 17.2 Å². The van der Waals surface area contributed by atoms with Gasteiger partial charge in [0.05, 0.1) is 4.90 Å². The molecule has 0 aliphatic carbocycles. The molecule has 2 aromatic rings. The molecular weight excluding hydrogens is 300 g/mol. The van der Waals surface area contributed by atoms with Crippen LogP contribution in [0.1, 0.15) is 5.56 Å². The second kappa shape index (κ2) is 5.49. The van der Waals surface area contributed by atoms with Crippen LogP contribution in [0.2, 0.25) is 0 Å². The molecule has 0 aliphatic heterocycles.